The minimum Gasteiger partial charge on any atom is -0.385 e. The van der Waals surface area contributed by atoms with E-state index in [9.17, 15) is 9.18 Å². The zero-order valence-electron chi connectivity index (χ0n) is 12.6. The van der Waals surface area contributed by atoms with Crippen molar-refractivity contribution in [1.82, 2.24) is 10.3 Å². The molecule has 0 fully saturated rings. The van der Waals surface area contributed by atoms with E-state index in [0.29, 0.717) is 30.2 Å². The van der Waals surface area contributed by atoms with Gasteiger partial charge in [0.15, 0.2) is 0 Å². The first-order valence-corrected chi connectivity index (χ1v) is 7.43. The lowest BCUT2D eigenvalue weighted by Crippen LogP contribution is -2.25. The van der Waals surface area contributed by atoms with Crippen molar-refractivity contribution in [3.8, 4) is 0 Å². The van der Waals surface area contributed by atoms with Gasteiger partial charge in [-0.3, -0.25) is 4.79 Å². The summed E-state index contributed by atoms with van der Waals surface area (Å²) in [5.74, 6) is -0.213. The molecule has 5 nitrogen and oxygen atoms in total. The van der Waals surface area contributed by atoms with E-state index < -0.39 is 5.82 Å². The molecule has 0 spiro atoms. The summed E-state index contributed by atoms with van der Waals surface area (Å²) in [5.41, 5.74) is 1.06. The summed E-state index contributed by atoms with van der Waals surface area (Å²) in [6.45, 7) is 1.13. The van der Waals surface area contributed by atoms with E-state index in [4.69, 9.17) is 16.3 Å². The number of anilines is 2. The summed E-state index contributed by atoms with van der Waals surface area (Å²) in [5, 5.41) is 5.79. The Morgan fingerprint density at radius 2 is 2.17 bits per heavy atom. The Hall–Kier alpha value is -2.18. The van der Waals surface area contributed by atoms with Gasteiger partial charge in [0.25, 0.3) is 5.91 Å². The molecule has 0 radical (unpaired) electrons. The van der Waals surface area contributed by atoms with Crippen LogP contribution in [0.5, 0.6) is 0 Å². The fourth-order valence-corrected chi connectivity index (χ4v) is 2.06. The molecule has 1 aromatic carbocycles. The molecule has 0 aliphatic heterocycles. The highest BCUT2D eigenvalue weighted by Gasteiger charge is 2.07. The standard InChI is InChI=1S/C16H17ClFN3O2/c1-23-8-2-6-20-16(22)11-5-7-19-15(9-11)21-12-3-4-14(18)13(17)10-12/h3-5,7,9-10H,2,6,8H2,1H3,(H,19,21)(H,20,22). The molecule has 0 saturated carbocycles. The molecule has 0 atom stereocenters. The minimum absolute atomic E-state index is 0.0158. The Kier molecular flexibility index (Phi) is 6.31. The quantitative estimate of drug-likeness (QED) is 0.760. The highest BCUT2D eigenvalue weighted by Crippen LogP contribution is 2.22. The van der Waals surface area contributed by atoms with Gasteiger partial charge >= 0.3 is 0 Å². The van der Waals surface area contributed by atoms with Gasteiger partial charge in [0.05, 0.1) is 5.02 Å². The molecule has 1 aromatic heterocycles. The van der Waals surface area contributed by atoms with Crippen LogP contribution in [0.4, 0.5) is 15.9 Å². The molecular formula is C16H17ClFN3O2. The number of hydrogen-bond acceptors (Lipinski definition) is 4. The Balaban J connectivity index is 2.01. The van der Waals surface area contributed by atoms with Crippen LogP contribution in [0.2, 0.25) is 5.02 Å². The second-order valence-electron chi connectivity index (χ2n) is 4.79. The van der Waals surface area contributed by atoms with E-state index in [1.54, 1.807) is 25.3 Å². The van der Waals surface area contributed by atoms with Crippen LogP contribution in [0.3, 0.4) is 0 Å². The third-order valence-electron chi connectivity index (χ3n) is 3.02. The highest BCUT2D eigenvalue weighted by atomic mass is 35.5. The number of aromatic nitrogens is 1. The van der Waals surface area contributed by atoms with Gasteiger partial charge in [0.2, 0.25) is 0 Å². The molecule has 2 N–H and O–H groups in total. The van der Waals surface area contributed by atoms with E-state index in [1.807, 2.05) is 0 Å². The zero-order chi connectivity index (χ0) is 16.7. The fraction of sp³-hybridized carbons (Fsp3) is 0.250. The number of ether oxygens (including phenoxy) is 1. The van der Waals surface area contributed by atoms with Crippen molar-refractivity contribution < 1.29 is 13.9 Å². The van der Waals surface area contributed by atoms with Crippen LogP contribution >= 0.6 is 11.6 Å². The van der Waals surface area contributed by atoms with Crippen molar-refractivity contribution in [2.45, 2.75) is 6.42 Å². The third-order valence-corrected chi connectivity index (χ3v) is 3.31. The first-order chi connectivity index (χ1) is 11.1. The minimum atomic E-state index is -0.491. The summed E-state index contributed by atoms with van der Waals surface area (Å²) in [6.07, 6.45) is 2.27. The van der Waals surface area contributed by atoms with Crippen LogP contribution < -0.4 is 10.6 Å². The summed E-state index contributed by atoms with van der Waals surface area (Å²) >= 11 is 5.73. The third kappa shape index (κ3) is 5.19. The van der Waals surface area contributed by atoms with Crippen molar-refractivity contribution in [3.05, 3.63) is 52.9 Å². The number of pyridine rings is 1. The lowest BCUT2D eigenvalue weighted by molar-refractivity contribution is 0.0948. The van der Waals surface area contributed by atoms with Gasteiger partial charge in [-0.2, -0.15) is 0 Å². The van der Waals surface area contributed by atoms with Crippen molar-refractivity contribution in [2.75, 3.05) is 25.6 Å². The lowest BCUT2D eigenvalue weighted by atomic mass is 10.2. The molecule has 1 heterocycles. The predicted octanol–water partition coefficient (Wildman–Crippen LogP) is 3.38. The summed E-state index contributed by atoms with van der Waals surface area (Å²) in [4.78, 5) is 16.2. The van der Waals surface area contributed by atoms with E-state index >= 15 is 0 Å². The summed E-state index contributed by atoms with van der Waals surface area (Å²) < 4.78 is 18.1. The van der Waals surface area contributed by atoms with Gasteiger partial charge in [0, 0.05) is 37.7 Å². The van der Waals surface area contributed by atoms with Crippen LogP contribution in [0.25, 0.3) is 0 Å². The maximum atomic E-state index is 13.1. The summed E-state index contributed by atoms with van der Waals surface area (Å²) in [6, 6.07) is 7.49. The molecule has 0 saturated heterocycles. The van der Waals surface area contributed by atoms with Crippen molar-refractivity contribution in [1.29, 1.82) is 0 Å². The number of nitrogens with one attached hydrogen (secondary N) is 2. The number of halogens is 2. The fourth-order valence-electron chi connectivity index (χ4n) is 1.88. The van der Waals surface area contributed by atoms with Gasteiger partial charge in [-0.25, -0.2) is 9.37 Å². The van der Waals surface area contributed by atoms with Crippen molar-refractivity contribution in [3.63, 3.8) is 0 Å². The second-order valence-corrected chi connectivity index (χ2v) is 5.19. The largest absolute Gasteiger partial charge is 0.385 e. The van der Waals surface area contributed by atoms with Gasteiger partial charge in [-0.15, -0.1) is 0 Å². The molecule has 0 unspecified atom stereocenters. The Labute approximate surface area is 138 Å². The molecule has 1 amide bonds. The second kappa shape index (κ2) is 8.45. The van der Waals surface area contributed by atoms with Crippen LogP contribution in [0, 0.1) is 5.82 Å². The van der Waals surface area contributed by atoms with Crippen molar-refractivity contribution in [2.24, 2.45) is 0 Å². The van der Waals surface area contributed by atoms with Gasteiger partial charge in [0.1, 0.15) is 11.6 Å². The Morgan fingerprint density at radius 1 is 1.35 bits per heavy atom. The molecule has 2 aromatic rings. The monoisotopic (exact) mass is 337 g/mol. The number of nitrogens with zero attached hydrogens (tertiary/aromatic N) is 1. The van der Waals surface area contributed by atoms with E-state index in [2.05, 4.69) is 15.6 Å². The zero-order valence-corrected chi connectivity index (χ0v) is 13.4. The van der Waals surface area contributed by atoms with Crippen molar-refractivity contribution >= 4 is 29.0 Å². The average molecular weight is 338 g/mol. The highest BCUT2D eigenvalue weighted by molar-refractivity contribution is 6.31. The van der Waals surface area contributed by atoms with Gasteiger partial charge in [-0.05, 0) is 36.8 Å². The summed E-state index contributed by atoms with van der Waals surface area (Å²) in [7, 11) is 1.62. The lowest BCUT2D eigenvalue weighted by Gasteiger charge is -2.09. The van der Waals surface area contributed by atoms with Crippen LogP contribution in [0.15, 0.2) is 36.5 Å². The number of hydrogen-bond donors (Lipinski definition) is 2. The molecule has 0 bridgehead atoms. The SMILES string of the molecule is COCCCNC(=O)c1ccnc(Nc2ccc(F)c(Cl)c2)c1. The first kappa shape index (κ1) is 17.2. The van der Waals surface area contributed by atoms with Gasteiger partial charge < -0.3 is 15.4 Å². The Bertz CT molecular complexity index is 682. The number of carbonyl (C=O) groups is 1. The van der Waals surface area contributed by atoms with E-state index in [-0.39, 0.29) is 10.9 Å². The number of amides is 1. The number of rotatable bonds is 7. The smallest absolute Gasteiger partial charge is 0.251 e. The molecule has 0 aliphatic rings. The average Bonchev–Trinajstić information content (AvgIpc) is 2.55. The van der Waals surface area contributed by atoms with Crippen LogP contribution in [-0.2, 0) is 4.74 Å². The molecule has 7 heteroatoms. The molecule has 122 valence electrons. The van der Waals surface area contributed by atoms with E-state index in [0.717, 1.165) is 6.42 Å². The normalized spacial score (nSPS) is 10.4. The maximum Gasteiger partial charge on any atom is 0.251 e. The molecule has 23 heavy (non-hydrogen) atoms. The van der Waals surface area contributed by atoms with Gasteiger partial charge in [-0.1, -0.05) is 11.6 Å². The number of benzene rings is 1. The molecule has 2 rings (SSSR count). The maximum absolute atomic E-state index is 13.1. The number of carbonyl (C=O) groups excluding carboxylic acids is 1. The Morgan fingerprint density at radius 3 is 2.91 bits per heavy atom. The topological polar surface area (TPSA) is 63.2 Å². The number of methoxy groups -OCH3 is 1. The molecule has 0 aliphatic carbocycles. The first-order valence-electron chi connectivity index (χ1n) is 7.05. The van der Waals surface area contributed by atoms with E-state index in [1.165, 1.54) is 18.3 Å². The predicted molar refractivity (Wildman–Crippen MR) is 87.8 cm³/mol. The van der Waals surface area contributed by atoms with Crippen LogP contribution in [0.1, 0.15) is 16.8 Å². The van der Waals surface area contributed by atoms with Crippen LogP contribution in [-0.4, -0.2) is 31.2 Å². The molecular weight excluding hydrogens is 321 g/mol.